The Kier molecular flexibility index (Phi) is 5.72. The Morgan fingerprint density at radius 3 is 2.52 bits per heavy atom. The number of para-hydroxylation sites is 2. The molecule has 0 unspecified atom stereocenters. The van der Waals surface area contributed by atoms with Crippen LogP contribution in [0.3, 0.4) is 0 Å². The normalized spacial score (nSPS) is 10.3. The monoisotopic (exact) mass is 286 g/mol. The van der Waals surface area contributed by atoms with Crippen molar-refractivity contribution in [3.05, 3.63) is 70.3 Å². The van der Waals surface area contributed by atoms with Gasteiger partial charge in [-0.05, 0) is 25.1 Å². The van der Waals surface area contributed by atoms with Crippen LogP contribution in [-0.2, 0) is 6.54 Å². The molecule has 0 amide bonds. The van der Waals surface area contributed by atoms with Crippen LogP contribution in [0.2, 0.25) is 0 Å². The Balaban J connectivity index is 1.67. The second kappa shape index (κ2) is 8.01. The number of rotatable bonds is 8. The molecule has 0 aliphatic rings. The van der Waals surface area contributed by atoms with Gasteiger partial charge in [-0.1, -0.05) is 36.4 Å². The molecule has 5 nitrogen and oxygen atoms in total. The van der Waals surface area contributed by atoms with Gasteiger partial charge in [0.1, 0.15) is 5.75 Å². The Labute approximate surface area is 123 Å². The summed E-state index contributed by atoms with van der Waals surface area (Å²) in [6.07, 6.45) is 0.843. The molecule has 0 bridgehead atoms. The first-order valence-corrected chi connectivity index (χ1v) is 6.88. The number of nitro groups is 1. The maximum atomic E-state index is 10.9. The average molecular weight is 286 g/mol. The van der Waals surface area contributed by atoms with Crippen LogP contribution >= 0.6 is 0 Å². The standard InChI is InChI=1S/C16H18N2O3/c19-18(20)16-10-5-4-7-14(16)13-17-11-6-12-21-15-8-2-1-3-9-15/h1-5,7-10,17H,6,11-13H2. The minimum absolute atomic E-state index is 0.158. The SMILES string of the molecule is O=[N+]([O-])c1ccccc1CNCCCOc1ccccc1. The second-order valence-electron chi connectivity index (χ2n) is 4.58. The zero-order valence-electron chi connectivity index (χ0n) is 11.7. The van der Waals surface area contributed by atoms with Crippen molar-refractivity contribution in [2.75, 3.05) is 13.2 Å². The molecule has 1 N–H and O–H groups in total. The number of nitrogens with one attached hydrogen (secondary N) is 1. The highest BCUT2D eigenvalue weighted by molar-refractivity contribution is 5.39. The highest BCUT2D eigenvalue weighted by Crippen LogP contribution is 2.17. The third kappa shape index (κ3) is 4.89. The molecule has 2 rings (SSSR count). The lowest BCUT2D eigenvalue weighted by Crippen LogP contribution is -2.17. The highest BCUT2D eigenvalue weighted by Gasteiger charge is 2.10. The molecule has 21 heavy (non-hydrogen) atoms. The van der Waals surface area contributed by atoms with Crippen molar-refractivity contribution in [2.24, 2.45) is 0 Å². The van der Waals surface area contributed by atoms with Crippen molar-refractivity contribution in [2.45, 2.75) is 13.0 Å². The fourth-order valence-corrected chi connectivity index (χ4v) is 1.97. The molecule has 2 aromatic carbocycles. The summed E-state index contributed by atoms with van der Waals surface area (Å²) in [5, 5.41) is 14.1. The molecule has 110 valence electrons. The van der Waals surface area contributed by atoms with E-state index in [-0.39, 0.29) is 10.6 Å². The van der Waals surface area contributed by atoms with E-state index in [1.807, 2.05) is 36.4 Å². The molecule has 2 aromatic rings. The van der Waals surface area contributed by atoms with Gasteiger partial charge in [-0.2, -0.15) is 0 Å². The molecule has 0 saturated carbocycles. The van der Waals surface area contributed by atoms with Crippen LogP contribution in [-0.4, -0.2) is 18.1 Å². The van der Waals surface area contributed by atoms with Crippen molar-refractivity contribution in [3.63, 3.8) is 0 Å². The molecule has 0 spiro atoms. The summed E-state index contributed by atoms with van der Waals surface area (Å²) < 4.78 is 5.57. The summed E-state index contributed by atoms with van der Waals surface area (Å²) in [4.78, 5) is 10.5. The Morgan fingerprint density at radius 2 is 1.76 bits per heavy atom. The zero-order valence-corrected chi connectivity index (χ0v) is 11.7. The average Bonchev–Trinajstić information content (AvgIpc) is 2.52. The maximum Gasteiger partial charge on any atom is 0.273 e. The van der Waals surface area contributed by atoms with Crippen molar-refractivity contribution in [1.29, 1.82) is 0 Å². The third-order valence-corrected chi connectivity index (χ3v) is 3.01. The predicted molar refractivity (Wildman–Crippen MR) is 81.4 cm³/mol. The van der Waals surface area contributed by atoms with Gasteiger partial charge in [0.25, 0.3) is 5.69 Å². The number of hydrogen-bond donors (Lipinski definition) is 1. The first-order valence-electron chi connectivity index (χ1n) is 6.88. The third-order valence-electron chi connectivity index (χ3n) is 3.01. The number of nitro benzene ring substituents is 1. The molecule has 0 aromatic heterocycles. The molecular formula is C16H18N2O3. The van der Waals surface area contributed by atoms with Crippen molar-refractivity contribution < 1.29 is 9.66 Å². The molecule has 0 heterocycles. The van der Waals surface area contributed by atoms with E-state index in [0.717, 1.165) is 18.7 Å². The Hall–Kier alpha value is -2.40. The van der Waals surface area contributed by atoms with Gasteiger partial charge >= 0.3 is 0 Å². The summed E-state index contributed by atoms with van der Waals surface area (Å²) in [5.74, 6) is 0.858. The van der Waals surface area contributed by atoms with Gasteiger partial charge in [0, 0.05) is 18.2 Å². The largest absolute Gasteiger partial charge is 0.494 e. The molecule has 0 saturated heterocycles. The van der Waals surface area contributed by atoms with Crippen LogP contribution in [0.4, 0.5) is 5.69 Å². The topological polar surface area (TPSA) is 64.4 Å². The fraction of sp³-hybridized carbons (Fsp3) is 0.250. The number of hydrogen-bond acceptors (Lipinski definition) is 4. The van der Waals surface area contributed by atoms with E-state index in [4.69, 9.17) is 4.74 Å². The van der Waals surface area contributed by atoms with Gasteiger partial charge in [0.05, 0.1) is 11.5 Å². The first-order chi connectivity index (χ1) is 10.3. The van der Waals surface area contributed by atoms with Gasteiger partial charge < -0.3 is 10.1 Å². The lowest BCUT2D eigenvalue weighted by molar-refractivity contribution is -0.385. The predicted octanol–water partition coefficient (Wildman–Crippen LogP) is 3.15. The molecule has 0 fully saturated rings. The maximum absolute atomic E-state index is 10.9. The Bertz CT molecular complexity index is 573. The van der Waals surface area contributed by atoms with Gasteiger partial charge in [-0.15, -0.1) is 0 Å². The van der Waals surface area contributed by atoms with E-state index < -0.39 is 0 Å². The molecule has 0 radical (unpaired) electrons. The van der Waals surface area contributed by atoms with Crippen LogP contribution in [0.1, 0.15) is 12.0 Å². The highest BCUT2D eigenvalue weighted by atomic mass is 16.6. The van der Waals surface area contributed by atoms with E-state index in [2.05, 4.69) is 5.32 Å². The number of benzene rings is 2. The molecule has 5 heteroatoms. The van der Waals surface area contributed by atoms with E-state index in [1.165, 1.54) is 6.07 Å². The second-order valence-corrected chi connectivity index (χ2v) is 4.58. The van der Waals surface area contributed by atoms with Gasteiger partial charge in [0.15, 0.2) is 0 Å². The lowest BCUT2D eigenvalue weighted by Gasteiger charge is -2.07. The first kappa shape index (κ1) is 15.0. The van der Waals surface area contributed by atoms with E-state index in [1.54, 1.807) is 12.1 Å². The van der Waals surface area contributed by atoms with Crippen LogP contribution in [0.25, 0.3) is 0 Å². The summed E-state index contributed by atoms with van der Waals surface area (Å²) in [6, 6.07) is 16.4. The summed E-state index contributed by atoms with van der Waals surface area (Å²) in [5.41, 5.74) is 0.858. The molecule has 0 atom stereocenters. The quantitative estimate of drug-likeness (QED) is 0.460. The lowest BCUT2D eigenvalue weighted by atomic mass is 10.2. The minimum Gasteiger partial charge on any atom is -0.494 e. The van der Waals surface area contributed by atoms with Crippen LogP contribution in [0, 0.1) is 10.1 Å². The number of nitrogens with zero attached hydrogens (tertiary/aromatic N) is 1. The van der Waals surface area contributed by atoms with E-state index >= 15 is 0 Å². The molecular weight excluding hydrogens is 268 g/mol. The van der Waals surface area contributed by atoms with Crippen LogP contribution < -0.4 is 10.1 Å². The van der Waals surface area contributed by atoms with Crippen molar-refractivity contribution >= 4 is 5.69 Å². The summed E-state index contributed by atoms with van der Waals surface area (Å²) >= 11 is 0. The number of ether oxygens (including phenoxy) is 1. The van der Waals surface area contributed by atoms with E-state index in [0.29, 0.717) is 18.7 Å². The van der Waals surface area contributed by atoms with E-state index in [9.17, 15) is 10.1 Å². The van der Waals surface area contributed by atoms with Gasteiger partial charge in [-0.3, -0.25) is 10.1 Å². The minimum atomic E-state index is -0.352. The van der Waals surface area contributed by atoms with Gasteiger partial charge in [0.2, 0.25) is 0 Å². The smallest absolute Gasteiger partial charge is 0.273 e. The fourth-order valence-electron chi connectivity index (χ4n) is 1.97. The van der Waals surface area contributed by atoms with Crippen LogP contribution in [0.5, 0.6) is 5.75 Å². The van der Waals surface area contributed by atoms with Crippen molar-refractivity contribution in [3.8, 4) is 5.75 Å². The van der Waals surface area contributed by atoms with Crippen LogP contribution in [0.15, 0.2) is 54.6 Å². The summed E-state index contributed by atoms with van der Waals surface area (Å²) in [7, 11) is 0. The van der Waals surface area contributed by atoms with Crippen molar-refractivity contribution in [1.82, 2.24) is 5.32 Å². The Morgan fingerprint density at radius 1 is 1.05 bits per heavy atom. The zero-order chi connectivity index (χ0) is 14.9. The van der Waals surface area contributed by atoms with Gasteiger partial charge in [-0.25, -0.2) is 0 Å². The molecule has 0 aliphatic carbocycles. The molecule has 0 aliphatic heterocycles. The summed E-state index contributed by atoms with van der Waals surface area (Å²) in [6.45, 7) is 1.86.